The zero-order valence-electron chi connectivity index (χ0n) is 13.2. The minimum atomic E-state index is 0.582. The summed E-state index contributed by atoms with van der Waals surface area (Å²) in [5.41, 5.74) is 12.8. The van der Waals surface area contributed by atoms with Crippen molar-refractivity contribution in [1.82, 2.24) is 0 Å². The summed E-state index contributed by atoms with van der Waals surface area (Å²) in [5, 5.41) is 0. The van der Waals surface area contributed by atoms with Crippen molar-refractivity contribution in [2.45, 2.75) is 0 Å². The molecule has 24 heavy (non-hydrogen) atoms. The van der Waals surface area contributed by atoms with Gasteiger partial charge in [-0.15, -0.1) is 0 Å². The van der Waals surface area contributed by atoms with Gasteiger partial charge in [0.15, 0.2) is 0 Å². The van der Waals surface area contributed by atoms with Crippen LogP contribution in [-0.4, -0.2) is 7.11 Å². The lowest BCUT2D eigenvalue weighted by molar-refractivity contribution is 0.401. The van der Waals surface area contributed by atoms with Crippen molar-refractivity contribution in [1.29, 1.82) is 0 Å². The summed E-state index contributed by atoms with van der Waals surface area (Å²) < 4.78 is 17.0. The van der Waals surface area contributed by atoms with E-state index < -0.39 is 0 Å². The Kier molecular flexibility index (Phi) is 4.43. The quantitative estimate of drug-likeness (QED) is 0.679. The van der Waals surface area contributed by atoms with E-state index in [9.17, 15) is 0 Å². The van der Waals surface area contributed by atoms with Crippen molar-refractivity contribution in [2.24, 2.45) is 0 Å². The molecule has 0 spiro atoms. The van der Waals surface area contributed by atoms with Crippen molar-refractivity contribution >= 4 is 11.4 Å². The summed E-state index contributed by atoms with van der Waals surface area (Å²) in [6.07, 6.45) is 0. The van der Waals surface area contributed by atoms with Crippen LogP contribution < -0.4 is 25.7 Å². The fourth-order valence-corrected chi connectivity index (χ4v) is 2.21. The summed E-state index contributed by atoms with van der Waals surface area (Å²) in [6, 6.07) is 19.7. The second-order valence-corrected chi connectivity index (χ2v) is 5.19. The topological polar surface area (TPSA) is 79.7 Å². The predicted molar refractivity (Wildman–Crippen MR) is 94.9 cm³/mol. The third-order valence-corrected chi connectivity index (χ3v) is 3.28. The van der Waals surface area contributed by atoms with Gasteiger partial charge in [-0.1, -0.05) is 12.1 Å². The molecule has 4 N–H and O–H groups in total. The van der Waals surface area contributed by atoms with Gasteiger partial charge >= 0.3 is 0 Å². The molecule has 0 heterocycles. The molecule has 3 rings (SSSR count). The highest BCUT2D eigenvalue weighted by atomic mass is 16.5. The van der Waals surface area contributed by atoms with Gasteiger partial charge in [-0.05, 0) is 24.3 Å². The SMILES string of the molecule is COc1cc(Oc2cccc(N)c2)cc(Oc2cccc(N)c2)c1. The Bertz CT molecular complexity index is 784. The normalized spacial score (nSPS) is 10.2. The van der Waals surface area contributed by atoms with E-state index in [0.29, 0.717) is 40.1 Å². The van der Waals surface area contributed by atoms with E-state index in [0.717, 1.165) is 0 Å². The van der Waals surface area contributed by atoms with Crippen LogP contribution in [0.3, 0.4) is 0 Å². The van der Waals surface area contributed by atoms with E-state index in [4.69, 9.17) is 25.7 Å². The molecule has 122 valence electrons. The smallest absolute Gasteiger partial charge is 0.134 e. The van der Waals surface area contributed by atoms with Crippen molar-refractivity contribution in [3.63, 3.8) is 0 Å². The van der Waals surface area contributed by atoms with Gasteiger partial charge in [-0.25, -0.2) is 0 Å². The van der Waals surface area contributed by atoms with Gasteiger partial charge in [-0.2, -0.15) is 0 Å². The van der Waals surface area contributed by atoms with E-state index in [1.165, 1.54) is 0 Å². The first kappa shape index (κ1) is 15.6. The third kappa shape index (κ3) is 3.89. The van der Waals surface area contributed by atoms with Crippen molar-refractivity contribution in [3.05, 3.63) is 66.7 Å². The Labute approximate surface area is 140 Å². The van der Waals surface area contributed by atoms with Gasteiger partial charge in [0.1, 0.15) is 28.7 Å². The zero-order chi connectivity index (χ0) is 16.9. The number of nitrogens with two attached hydrogens (primary N) is 2. The van der Waals surface area contributed by atoms with Crippen LogP contribution in [0.2, 0.25) is 0 Å². The first-order chi connectivity index (χ1) is 11.6. The molecule has 0 aliphatic rings. The van der Waals surface area contributed by atoms with Crippen LogP contribution >= 0.6 is 0 Å². The van der Waals surface area contributed by atoms with E-state index in [2.05, 4.69) is 0 Å². The fourth-order valence-electron chi connectivity index (χ4n) is 2.21. The first-order valence-corrected chi connectivity index (χ1v) is 7.38. The largest absolute Gasteiger partial charge is 0.496 e. The number of methoxy groups -OCH3 is 1. The lowest BCUT2D eigenvalue weighted by atomic mass is 10.2. The molecule has 0 unspecified atom stereocenters. The molecule has 0 aliphatic heterocycles. The highest BCUT2D eigenvalue weighted by Gasteiger charge is 2.07. The second kappa shape index (κ2) is 6.83. The molecule has 0 bridgehead atoms. The van der Waals surface area contributed by atoms with Gasteiger partial charge in [0, 0.05) is 41.7 Å². The van der Waals surface area contributed by atoms with Crippen molar-refractivity contribution < 1.29 is 14.2 Å². The van der Waals surface area contributed by atoms with E-state index in [1.807, 2.05) is 24.3 Å². The van der Waals surface area contributed by atoms with Gasteiger partial charge < -0.3 is 25.7 Å². The van der Waals surface area contributed by atoms with Crippen LogP contribution in [-0.2, 0) is 0 Å². The maximum atomic E-state index is 5.84. The Morgan fingerprint density at radius 2 is 1.04 bits per heavy atom. The van der Waals surface area contributed by atoms with Crippen molar-refractivity contribution in [3.8, 4) is 28.7 Å². The molecule has 5 nitrogen and oxygen atoms in total. The molecule has 0 saturated heterocycles. The van der Waals surface area contributed by atoms with Crippen LogP contribution in [0.15, 0.2) is 66.7 Å². The molecule has 0 aromatic heterocycles. The monoisotopic (exact) mass is 322 g/mol. The molecule has 0 fully saturated rings. The molecule has 0 saturated carbocycles. The summed E-state index contributed by atoms with van der Waals surface area (Å²) in [6.45, 7) is 0. The molecule has 0 atom stereocenters. The lowest BCUT2D eigenvalue weighted by Crippen LogP contribution is -1.92. The van der Waals surface area contributed by atoms with Crippen LogP contribution in [0.25, 0.3) is 0 Å². The minimum Gasteiger partial charge on any atom is -0.496 e. The van der Waals surface area contributed by atoms with Gasteiger partial charge in [0.05, 0.1) is 7.11 Å². The molecule has 5 heteroatoms. The van der Waals surface area contributed by atoms with Crippen LogP contribution in [0.1, 0.15) is 0 Å². The molecule has 0 amide bonds. The minimum absolute atomic E-state index is 0.582. The molecular weight excluding hydrogens is 304 g/mol. The molecule has 0 radical (unpaired) electrons. The molecule has 3 aromatic carbocycles. The number of rotatable bonds is 5. The Morgan fingerprint density at radius 3 is 1.46 bits per heavy atom. The average molecular weight is 322 g/mol. The number of ether oxygens (including phenoxy) is 3. The van der Waals surface area contributed by atoms with Gasteiger partial charge in [0.25, 0.3) is 0 Å². The number of benzene rings is 3. The van der Waals surface area contributed by atoms with E-state index in [-0.39, 0.29) is 0 Å². The van der Waals surface area contributed by atoms with E-state index >= 15 is 0 Å². The summed E-state index contributed by atoms with van der Waals surface area (Å²) in [7, 11) is 1.59. The zero-order valence-corrected chi connectivity index (χ0v) is 13.2. The van der Waals surface area contributed by atoms with Gasteiger partial charge in [0.2, 0.25) is 0 Å². The van der Waals surface area contributed by atoms with E-state index in [1.54, 1.807) is 49.6 Å². The third-order valence-electron chi connectivity index (χ3n) is 3.28. The maximum absolute atomic E-state index is 5.84. The standard InChI is InChI=1S/C19H18N2O3/c1-22-17-10-18(23-15-6-2-4-13(20)8-15)12-19(11-17)24-16-7-3-5-14(21)9-16/h2-12H,20-21H2,1H3. The molecule has 0 aliphatic carbocycles. The summed E-state index contributed by atoms with van der Waals surface area (Å²) in [4.78, 5) is 0. The summed E-state index contributed by atoms with van der Waals surface area (Å²) >= 11 is 0. The number of anilines is 2. The van der Waals surface area contributed by atoms with Crippen LogP contribution in [0.5, 0.6) is 28.7 Å². The summed E-state index contributed by atoms with van der Waals surface area (Å²) in [5.74, 6) is 3.06. The Hall–Kier alpha value is -3.34. The highest BCUT2D eigenvalue weighted by molar-refractivity contribution is 5.50. The lowest BCUT2D eigenvalue weighted by Gasteiger charge is -2.12. The van der Waals surface area contributed by atoms with Crippen LogP contribution in [0.4, 0.5) is 11.4 Å². The number of hydrogen-bond donors (Lipinski definition) is 2. The Morgan fingerprint density at radius 1 is 0.583 bits per heavy atom. The maximum Gasteiger partial charge on any atom is 0.134 e. The van der Waals surface area contributed by atoms with Crippen molar-refractivity contribution in [2.75, 3.05) is 18.6 Å². The van der Waals surface area contributed by atoms with Gasteiger partial charge in [-0.3, -0.25) is 0 Å². The predicted octanol–water partition coefficient (Wildman–Crippen LogP) is 4.44. The number of nitrogen functional groups attached to an aromatic ring is 2. The molecule has 3 aromatic rings. The second-order valence-electron chi connectivity index (χ2n) is 5.19. The van der Waals surface area contributed by atoms with Crippen LogP contribution in [0, 0.1) is 0 Å². The Balaban J connectivity index is 1.87. The fraction of sp³-hybridized carbons (Fsp3) is 0.0526. The first-order valence-electron chi connectivity index (χ1n) is 7.38. The molecular formula is C19H18N2O3. The number of hydrogen-bond acceptors (Lipinski definition) is 5. The average Bonchev–Trinajstić information content (AvgIpc) is 2.54. The highest BCUT2D eigenvalue weighted by Crippen LogP contribution is 2.34.